The molecule has 0 N–H and O–H groups in total. The molecule has 1 heterocycles. The molecular formula is C11H5Cl4N. The van der Waals surface area contributed by atoms with Crippen molar-refractivity contribution in [3.8, 4) is 11.1 Å². The SMILES string of the molecule is Clc1ccc(-c2ccnc(Cl)c2Cl)c(Cl)c1. The van der Waals surface area contributed by atoms with Crippen molar-refractivity contribution in [3.05, 3.63) is 50.7 Å². The summed E-state index contributed by atoms with van der Waals surface area (Å²) in [5.41, 5.74) is 1.52. The first-order valence-corrected chi connectivity index (χ1v) is 5.86. The molecule has 0 saturated carbocycles. The zero-order chi connectivity index (χ0) is 11.7. The fourth-order valence-electron chi connectivity index (χ4n) is 1.33. The van der Waals surface area contributed by atoms with E-state index in [0.29, 0.717) is 15.1 Å². The van der Waals surface area contributed by atoms with Gasteiger partial charge in [0.1, 0.15) is 5.15 Å². The van der Waals surface area contributed by atoms with E-state index < -0.39 is 0 Å². The second kappa shape index (κ2) is 4.80. The van der Waals surface area contributed by atoms with Gasteiger partial charge >= 0.3 is 0 Å². The van der Waals surface area contributed by atoms with Crippen LogP contribution in [0.25, 0.3) is 11.1 Å². The molecular weight excluding hydrogens is 288 g/mol. The second-order valence-corrected chi connectivity index (χ2v) is 4.67. The topological polar surface area (TPSA) is 12.9 Å². The molecule has 5 heteroatoms. The summed E-state index contributed by atoms with van der Waals surface area (Å²) in [6, 6.07) is 6.95. The molecule has 2 aromatic rings. The summed E-state index contributed by atoms with van der Waals surface area (Å²) in [5, 5.41) is 1.74. The van der Waals surface area contributed by atoms with Crippen molar-refractivity contribution < 1.29 is 0 Å². The van der Waals surface area contributed by atoms with Gasteiger partial charge in [0.05, 0.1) is 5.02 Å². The van der Waals surface area contributed by atoms with E-state index in [0.717, 1.165) is 11.1 Å². The number of halogens is 4. The molecule has 1 aromatic carbocycles. The lowest BCUT2D eigenvalue weighted by Gasteiger charge is -2.07. The van der Waals surface area contributed by atoms with E-state index in [1.54, 1.807) is 30.5 Å². The zero-order valence-electron chi connectivity index (χ0n) is 7.85. The van der Waals surface area contributed by atoms with Crippen LogP contribution in [0.5, 0.6) is 0 Å². The van der Waals surface area contributed by atoms with Gasteiger partial charge in [-0.3, -0.25) is 0 Å². The van der Waals surface area contributed by atoms with Crippen LogP contribution in [0, 0.1) is 0 Å². The predicted molar refractivity (Wildman–Crippen MR) is 69.7 cm³/mol. The maximum atomic E-state index is 6.08. The third-order valence-corrected chi connectivity index (χ3v) is 3.38. The summed E-state index contributed by atoms with van der Waals surface area (Å²) >= 11 is 23.8. The molecule has 0 bridgehead atoms. The van der Waals surface area contributed by atoms with Crippen LogP contribution in [-0.2, 0) is 0 Å². The Morgan fingerprint density at radius 3 is 2.31 bits per heavy atom. The van der Waals surface area contributed by atoms with Crippen molar-refractivity contribution in [2.75, 3.05) is 0 Å². The number of benzene rings is 1. The molecule has 1 nitrogen and oxygen atoms in total. The zero-order valence-corrected chi connectivity index (χ0v) is 10.9. The molecule has 0 fully saturated rings. The van der Waals surface area contributed by atoms with E-state index in [9.17, 15) is 0 Å². The molecule has 0 amide bonds. The average molecular weight is 293 g/mol. The van der Waals surface area contributed by atoms with Crippen molar-refractivity contribution in [1.82, 2.24) is 4.98 Å². The number of nitrogens with zero attached hydrogens (tertiary/aromatic N) is 1. The lowest BCUT2D eigenvalue weighted by Crippen LogP contribution is -1.84. The lowest BCUT2D eigenvalue weighted by atomic mass is 10.1. The molecule has 16 heavy (non-hydrogen) atoms. The van der Waals surface area contributed by atoms with E-state index in [1.807, 2.05) is 0 Å². The van der Waals surface area contributed by atoms with Crippen LogP contribution in [0.3, 0.4) is 0 Å². The molecule has 0 spiro atoms. The first kappa shape index (κ1) is 12.0. The molecule has 0 saturated heterocycles. The van der Waals surface area contributed by atoms with E-state index >= 15 is 0 Å². The van der Waals surface area contributed by atoms with Crippen LogP contribution in [0.4, 0.5) is 0 Å². The third kappa shape index (κ3) is 2.28. The highest BCUT2D eigenvalue weighted by molar-refractivity contribution is 6.43. The summed E-state index contributed by atoms with van der Waals surface area (Å²) in [6.45, 7) is 0. The Bertz CT molecular complexity index is 540. The van der Waals surface area contributed by atoms with Gasteiger partial charge < -0.3 is 0 Å². The number of aromatic nitrogens is 1. The van der Waals surface area contributed by atoms with Crippen molar-refractivity contribution in [2.24, 2.45) is 0 Å². The average Bonchev–Trinajstić information content (AvgIpc) is 2.23. The number of hydrogen-bond donors (Lipinski definition) is 0. The minimum absolute atomic E-state index is 0.255. The summed E-state index contributed by atoms with van der Waals surface area (Å²) in [5.74, 6) is 0. The summed E-state index contributed by atoms with van der Waals surface area (Å²) in [4.78, 5) is 3.88. The molecule has 82 valence electrons. The summed E-state index contributed by atoms with van der Waals surface area (Å²) in [6.07, 6.45) is 1.58. The van der Waals surface area contributed by atoms with Gasteiger partial charge in [-0.25, -0.2) is 4.98 Å². The van der Waals surface area contributed by atoms with Crippen LogP contribution in [-0.4, -0.2) is 4.98 Å². The van der Waals surface area contributed by atoms with Gasteiger partial charge in [-0.05, 0) is 18.2 Å². The maximum Gasteiger partial charge on any atom is 0.148 e. The second-order valence-electron chi connectivity index (χ2n) is 3.09. The Kier molecular flexibility index (Phi) is 3.60. The Morgan fingerprint density at radius 1 is 0.875 bits per heavy atom. The van der Waals surface area contributed by atoms with Gasteiger partial charge in [0, 0.05) is 27.4 Å². The Labute approximate surface area is 113 Å². The van der Waals surface area contributed by atoms with Crippen molar-refractivity contribution in [1.29, 1.82) is 0 Å². The van der Waals surface area contributed by atoms with Crippen molar-refractivity contribution in [3.63, 3.8) is 0 Å². The third-order valence-electron chi connectivity index (χ3n) is 2.07. The predicted octanol–water partition coefficient (Wildman–Crippen LogP) is 5.36. The van der Waals surface area contributed by atoms with E-state index in [1.165, 1.54) is 0 Å². The monoisotopic (exact) mass is 291 g/mol. The van der Waals surface area contributed by atoms with E-state index in [2.05, 4.69) is 4.98 Å². The van der Waals surface area contributed by atoms with Crippen LogP contribution in [0.2, 0.25) is 20.2 Å². The largest absolute Gasteiger partial charge is 0.243 e. The van der Waals surface area contributed by atoms with E-state index in [-0.39, 0.29) is 5.15 Å². The highest BCUT2D eigenvalue weighted by Crippen LogP contribution is 2.36. The summed E-state index contributed by atoms with van der Waals surface area (Å²) < 4.78 is 0. The lowest BCUT2D eigenvalue weighted by molar-refractivity contribution is 1.33. The summed E-state index contributed by atoms with van der Waals surface area (Å²) in [7, 11) is 0. The Balaban J connectivity index is 2.63. The van der Waals surface area contributed by atoms with Crippen LogP contribution in [0.15, 0.2) is 30.5 Å². The fraction of sp³-hybridized carbons (Fsp3) is 0. The highest BCUT2D eigenvalue weighted by Gasteiger charge is 2.10. The Morgan fingerprint density at radius 2 is 1.62 bits per heavy atom. The molecule has 0 aliphatic rings. The molecule has 0 atom stereocenters. The number of rotatable bonds is 1. The molecule has 2 rings (SSSR count). The Hall–Kier alpha value is -0.470. The van der Waals surface area contributed by atoms with Crippen LogP contribution < -0.4 is 0 Å². The fourth-order valence-corrected chi connectivity index (χ4v) is 2.22. The first-order chi connectivity index (χ1) is 7.59. The number of hydrogen-bond acceptors (Lipinski definition) is 1. The first-order valence-electron chi connectivity index (χ1n) is 4.35. The normalized spacial score (nSPS) is 10.5. The highest BCUT2D eigenvalue weighted by atomic mass is 35.5. The minimum Gasteiger partial charge on any atom is -0.243 e. The van der Waals surface area contributed by atoms with Gasteiger partial charge in [-0.15, -0.1) is 0 Å². The quantitative estimate of drug-likeness (QED) is 0.645. The number of pyridine rings is 1. The van der Waals surface area contributed by atoms with Crippen LogP contribution >= 0.6 is 46.4 Å². The minimum atomic E-state index is 0.255. The van der Waals surface area contributed by atoms with Gasteiger partial charge in [0.2, 0.25) is 0 Å². The molecule has 0 unspecified atom stereocenters. The maximum absolute atomic E-state index is 6.08. The van der Waals surface area contributed by atoms with Crippen LogP contribution in [0.1, 0.15) is 0 Å². The molecule has 0 aliphatic carbocycles. The van der Waals surface area contributed by atoms with Crippen molar-refractivity contribution in [2.45, 2.75) is 0 Å². The van der Waals surface area contributed by atoms with Crippen molar-refractivity contribution >= 4 is 46.4 Å². The van der Waals surface area contributed by atoms with E-state index in [4.69, 9.17) is 46.4 Å². The van der Waals surface area contributed by atoms with Gasteiger partial charge in [0.25, 0.3) is 0 Å². The van der Waals surface area contributed by atoms with Gasteiger partial charge in [0.15, 0.2) is 0 Å². The molecule has 1 aromatic heterocycles. The van der Waals surface area contributed by atoms with Gasteiger partial charge in [-0.2, -0.15) is 0 Å². The molecule has 0 aliphatic heterocycles. The molecule has 0 radical (unpaired) electrons. The standard InChI is InChI=1S/C11H5Cl4N/c12-6-1-2-7(9(13)5-6)8-3-4-16-11(15)10(8)14/h1-5H. The van der Waals surface area contributed by atoms with Gasteiger partial charge in [-0.1, -0.05) is 52.5 Å². The smallest absolute Gasteiger partial charge is 0.148 e.